The number of nitrogens with zero attached hydrogens (tertiary/aromatic N) is 2. The first-order valence-electron chi connectivity index (χ1n) is 7.95. The Kier molecular flexibility index (Phi) is 5.03. The Hall–Kier alpha value is -3.54. The van der Waals surface area contributed by atoms with Gasteiger partial charge in [-0.3, -0.25) is 4.98 Å². The summed E-state index contributed by atoms with van der Waals surface area (Å²) in [6, 6.07) is 15.5. The molecule has 6 nitrogen and oxygen atoms in total. The molecule has 0 atom stereocenters. The quantitative estimate of drug-likeness (QED) is 0.703. The van der Waals surface area contributed by atoms with Crippen molar-refractivity contribution in [3.8, 4) is 11.5 Å². The van der Waals surface area contributed by atoms with E-state index in [1.165, 1.54) is 7.11 Å². The molecule has 1 heterocycles. The first kappa shape index (κ1) is 17.3. The molecule has 0 amide bonds. The molecule has 0 radical (unpaired) electrons. The van der Waals surface area contributed by atoms with Crippen molar-refractivity contribution in [2.45, 2.75) is 6.54 Å². The van der Waals surface area contributed by atoms with Gasteiger partial charge in [0.25, 0.3) is 0 Å². The van der Waals surface area contributed by atoms with Crippen LogP contribution in [0.25, 0.3) is 0 Å². The number of carboxylic acid groups (broad SMARTS) is 1. The molecule has 0 saturated heterocycles. The summed E-state index contributed by atoms with van der Waals surface area (Å²) in [6.07, 6.45) is 3.47. The van der Waals surface area contributed by atoms with Crippen LogP contribution in [0.5, 0.6) is 11.5 Å². The van der Waals surface area contributed by atoms with Crippen LogP contribution in [0.3, 0.4) is 0 Å². The Labute approximate surface area is 150 Å². The number of ether oxygens (including phenoxy) is 1. The fourth-order valence-electron chi connectivity index (χ4n) is 2.64. The molecule has 6 heteroatoms. The average Bonchev–Trinajstić information content (AvgIpc) is 2.67. The van der Waals surface area contributed by atoms with E-state index in [1.807, 2.05) is 23.1 Å². The number of aromatic nitrogens is 1. The number of aromatic hydroxyl groups is 1. The van der Waals surface area contributed by atoms with E-state index in [-0.39, 0.29) is 11.3 Å². The normalized spacial score (nSPS) is 10.3. The third-order valence-corrected chi connectivity index (χ3v) is 3.96. The van der Waals surface area contributed by atoms with Crippen LogP contribution in [0, 0.1) is 0 Å². The molecule has 0 fully saturated rings. The van der Waals surface area contributed by atoms with Crippen LogP contribution in [0.4, 0.5) is 11.4 Å². The van der Waals surface area contributed by atoms with Gasteiger partial charge in [-0.2, -0.15) is 0 Å². The number of methoxy groups -OCH3 is 1. The van der Waals surface area contributed by atoms with Crippen LogP contribution in [0.15, 0.2) is 67.0 Å². The summed E-state index contributed by atoms with van der Waals surface area (Å²) < 4.78 is 5.10. The number of aromatic carboxylic acids is 1. The highest BCUT2D eigenvalue weighted by Crippen LogP contribution is 2.34. The minimum Gasteiger partial charge on any atom is -0.504 e. The molecule has 0 aliphatic heterocycles. The maximum atomic E-state index is 11.1. The van der Waals surface area contributed by atoms with Gasteiger partial charge >= 0.3 is 5.97 Å². The van der Waals surface area contributed by atoms with E-state index in [1.54, 1.807) is 48.8 Å². The largest absolute Gasteiger partial charge is 0.504 e. The third kappa shape index (κ3) is 3.75. The van der Waals surface area contributed by atoms with E-state index in [0.717, 1.165) is 16.9 Å². The molecular formula is C20H18N2O4. The molecule has 132 valence electrons. The van der Waals surface area contributed by atoms with Crippen LogP contribution in [-0.4, -0.2) is 28.3 Å². The Morgan fingerprint density at radius 2 is 1.85 bits per heavy atom. The van der Waals surface area contributed by atoms with Crippen molar-refractivity contribution in [1.29, 1.82) is 0 Å². The molecular weight excluding hydrogens is 332 g/mol. The SMILES string of the molecule is COc1ccc(N(Cc2cccnc2)c2ccc(C(=O)O)cc2)cc1O. The first-order valence-corrected chi connectivity index (χ1v) is 7.95. The number of pyridine rings is 1. The number of anilines is 2. The van der Waals surface area contributed by atoms with Gasteiger partial charge in [-0.1, -0.05) is 6.07 Å². The van der Waals surface area contributed by atoms with Crippen LogP contribution < -0.4 is 9.64 Å². The number of hydrogen-bond donors (Lipinski definition) is 2. The molecule has 0 spiro atoms. The number of phenolic OH excluding ortho intramolecular Hbond substituents is 1. The van der Waals surface area contributed by atoms with E-state index in [4.69, 9.17) is 9.84 Å². The van der Waals surface area contributed by atoms with Crippen molar-refractivity contribution in [2.24, 2.45) is 0 Å². The molecule has 0 aliphatic rings. The predicted octanol–water partition coefficient (Wildman–Crippen LogP) is 3.83. The minimum atomic E-state index is -0.975. The van der Waals surface area contributed by atoms with Crippen LogP contribution in [-0.2, 0) is 6.54 Å². The highest BCUT2D eigenvalue weighted by molar-refractivity contribution is 5.88. The summed E-state index contributed by atoms with van der Waals surface area (Å²) in [4.78, 5) is 17.2. The average molecular weight is 350 g/mol. The second-order valence-corrected chi connectivity index (χ2v) is 5.66. The molecule has 0 bridgehead atoms. The lowest BCUT2D eigenvalue weighted by Crippen LogP contribution is -2.16. The first-order chi connectivity index (χ1) is 12.6. The number of hydrogen-bond acceptors (Lipinski definition) is 5. The number of rotatable bonds is 6. The molecule has 0 aliphatic carbocycles. The van der Waals surface area contributed by atoms with E-state index in [0.29, 0.717) is 12.3 Å². The van der Waals surface area contributed by atoms with E-state index < -0.39 is 5.97 Å². The topological polar surface area (TPSA) is 82.9 Å². The zero-order chi connectivity index (χ0) is 18.5. The van der Waals surface area contributed by atoms with Crippen LogP contribution in [0.2, 0.25) is 0 Å². The number of phenols is 1. The van der Waals surface area contributed by atoms with Gasteiger partial charge in [0.15, 0.2) is 11.5 Å². The van der Waals surface area contributed by atoms with Gasteiger partial charge in [0, 0.05) is 36.4 Å². The van der Waals surface area contributed by atoms with Gasteiger partial charge in [-0.15, -0.1) is 0 Å². The molecule has 3 rings (SSSR count). The Balaban J connectivity index is 2.01. The fourth-order valence-corrected chi connectivity index (χ4v) is 2.64. The maximum Gasteiger partial charge on any atom is 0.335 e. The van der Waals surface area contributed by atoms with Crippen molar-refractivity contribution >= 4 is 17.3 Å². The van der Waals surface area contributed by atoms with E-state index >= 15 is 0 Å². The Bertz CT molecular complexity index is 895. The van der Waals surface area contributed by atoms with Crippen molar-refractivity contribution in [3.63, 3.8) is 0 Å². The van der Waals surface area contributed by atoms with Crippen LogP contribution in [0.1, 0.15) is 15.9 Å². The van der Waals surface area contributed by atoms with Crippen molar-refractivity contribution in [1.82, 2.24) is 4.98 Å². The summed E-state index contributed by atoms with van der Waals surface area (Å²) in [5.74, 6) is -0.558. The zero-order valence-corrected chi connectivity index (χ0v) is 14.2. The highest BCUT2D eigenvalue weighted by atomic mass is 16.5. The second kappa shape index (κ2) is 7.57. The third-order valence-electron chi connectivity index (χ3n) is 3.96. The minimum absolute atomic E-state index is 0.0309. The van der Waals surface area contributed by atoms with Gasteiger partial charge in [0.2, 0.25) is 0 Å². The molecule has 0 unspecified atom stereocenters. The molecule has 0 saturated carbocycles. The summed E-state index contributed by atoms with van der Waals surface area (Å²) in [7, 11) is 1.49. The molecule has 3 aromatic rings. The molecule has 26 heavy (non-hydrogen) atoms. The lowest BCUT2D eigenvalue weighted by Gasteiger charge is -2.25. The molecule has 2 aromatic carbocycles. The number of benzene rings is 2. The van der Waals surface area contributed by atoms with E-state index in [2.05, 4.69) is 4.98 Å². The van der Waals surface area contributed by atoms with Gasteiger partial charge in [0.05, 0.1) is 12.7 Å². The van der Waals surface area contributed by atoms with Gasteiger partial charge in [-0.25, -0.2) is 4.79 Å². The lowest BCUT2D eigenvalue weighted by atomic mass is 10.1. The van der Waals surface area contributed by atoms with Crippen molar-refractivity contribution < 1.29 is 19.7 Å². The second-order valence-electron chi connectivity index (χ2n) is 5.66. The number of carboxylic acids is 1. The molecule has 2 N–H and O–H groups in total. The van der Waals surface area contributed by atoms with Gasteiger partial charge in [0.1, 0.15) is 0 Å². The molecule has 1 aromatic heterocycles. The fraction of sp³-hybridized carbons (Fsp3) is 0.100. The van der Waals surface area contributed by atoms with Crippen molar-refractivity contribution in [3.05, 3.63) is 78.1 Å². The number of carbonyl (C=O) groups is 1. The Morgan fingerprint density at radius 1 is 1.12 bits per heavy atom. The van der Waals surface area contributed by atoms with Gasteiger partial charge < -0.3 is 19.8 Å². The Morgan fingerprint density at radius 3 is 2.42 bits per heavy atom. The lowest BCUT2D eigenvalue weighted by molar-refractivity contribution is 0.0697. The zero-order valence-electron chi connectivity index (χ0n) is 14.2. The monoisotopic (exact) mass is 350 g/mol. The summed E-state index contributed by atoms with van der Waals surface area (Å²) in [6.45, 7) is 0.506. The van der Waals surface area contributed by atoms with Gasteiger partial charge in [-0.05, 0) is 48.0 Å². The van der Waals surface area contributed by atoms with E-state index in [9.17, 15) is 9.90 Å². The summed E-state index contributed by atoms with van der Waals surface area (Å²) in [5.41, 5.74) is 2.73. The predicted molar refractivity (Wildman–Crippen MR) is 98.1 cm³/mol. The summed E-state index contributed by atoms with van der Waals surface area (Å²) in [5, 5.41) is 19.2. The van der Waals surface area contributed by atoms with Crippen molar-refractivity contribution in [2.75, 3.05) is 12.0 Å². The standard InChI is InChI=1S/C20H18N2O4/c1-26-19-9-8-17(11-18(19)23)22(13-14-3-2-10-21-12-14)16-6-4-15(5-7-16)20(24)25/h2-12,23H,13H2,1H3,(H,24,25). The van der Waals surface area contributed by atoms with Crippen LogP contribution >= 0.6 is 0 Å². The highest BCUT2D eigenvalue weighted by Gasteiger charge is 2.14. The summed E-state index contributed by atoms with van der Waals surface area (Å²) >= 11 is 0. The smallest absolute Gasteiger partial charge is 0.335 e. The maximum absolute atomic E-state index is 11.1.